The number of benzene rings is 4. The van der Waals surface area contributed by atoms with E-state index >= 15 is 0 Å². The average Bonchev–Trinajstić information content (AvgIpc) is 3.41. The summed E-state index contributed by atoms with van der Waals surface area (Å²) in [5.74, 6) is -1.25. The topological polar surface area (TPSA) is 123 Å². The average molecular weight is 560 g/mol. The number of anilines is 1. The minimum Gasteiger partial charge on any atom is -0.508 e. The first-order valence-corrected chi connectivity index (χ1v) is 13.4. The van der Waals surface area contributed by atoms with Crippen LogP contribution in [0.3, 0.4) is 0 Å². The minimum absolute atomic E-state index is 0.122. The first-order chi connectivity index (χ1) is 20.4. The smallest absolute Gasteiger partial charge is 0.261 e. The van der Waals surface area contributed by atoms with Gasteiger partial charge in [0.2, 0.25) is 0 Å². The van der Waals surface area contributed by atoms with Crippen LogP contribution < -0.4 is 4.90 Å². The maximum Gasteiger partial charge on any atom is 0.261 e. The van der Waals surface area contributed by atoms with E-state index in [0.717, 1.165) is 5.69 Å². The van der Waals surface area contributed by atoms with E-state index in [-0.39, 0.29) is 55.6 Å². The third-order valence-corrected chi connectivity index (χ3v) is 7.29. The Kier molecular flexibility index (Phi) is 7.02. The summed E-state index contributed by atoms with van der Waals surface area (Å²) in [7, 11) is 0. The molecule has 2 aliphatic heterocycles. The Bertz CT molecular complexity index is 1580. The molecule has 0 radical (unpaired) electrons. The Labute approximate surface area is 241 Å². The lowest BCUT2D eigenvalue weighted by Gasteiger charge is -2.28. The molecule has 0 spiro atoms. The second-order valence-corrected chi connectivity index (χ2v) is 9.83. The number of aromatic hydroxyl groups is 1. The SMILES string of the molecule is O=C1c2ccccc2C(=O)N1CCN(CCN1C(=O)c2ccccc2C1=O)c1ccc(/N=N/c2ccc(O)cc2)cc1. The van der Waals surface area contributed by atoms with Gasteiger partial charge in [-0.05, 0) is 72.8 Å². The van der Waals surface area contributed by atoms with Gasteiger partial charge < -0.3 is 10.0 Å². The van der Waals surface area contributed by atoms with Gasteiger partial charge in [-0.2, -0.15) is 10.2 Å². The standard InChI is InChI=1S/C32H25N5O5/c38-24-15-11-22(12-16-24)34-33-21-9-13-23(14-10-21)35(17-19-36-29(39)25-5-1-2-6-26(25)30(36)40)18-20-37-31(41)27-7-3-4-8-28(27)32(37)42/h1-16,38H,17-20H2/b34-33+. The molecule has 42 heavy (non-hydrogen) atoms. The van der Waals surface area contributed by atoms with E-state index in [1.54, 1.807) is 72.8 Å². The predicted octanol–water partition coefficient (Wildman–Crippen LogP) is 5.21. The maximum atomic E-state index is 12.9. The van der Waals surface area contributed by atoms with Crippen molar-refractivity contribution in [1.29, 1.82) is 0 Å². The van der Waals surface area contributed by atoms with E-state index in [4.69, 9.17) is 0 Å². The molecule has 6 rings (SSSR count). The van der Waals surface area contributed by atoms with Gasteiger partial charge in [0.15, 0.2) is 0 Å². The van der Waals surface area contributed by atoms with Crippen molar-refractivity contribution >= 4 is 40.7 Å². The number of hydrogen-bond donors (Lipinski definition) is 1. The molecule has 4 aromatic carbocycles. The molecule has 2 heterocycles. The fraction of sp³-hybridized carbons (Fsp3) is 0.125. The van der Waals surface area contributed by atoms with Crippen LogP contribution >= 0.6 is 0 Å². The van der Waals surface area contributed by atoms with Gasteiger partial charge in [-0.25, -0.2) is 0 Å². The molecule has 0 fully saturated rings. The summed E-state index contributed by atoms with van der Waals surface area (Å²) in [6.07, 6.45) is 0. The van der Waals surface area contributed by atoms with E-state index in [1.807, 2.05) is 17.0 Å². The molecule has 0 aromatic heterocycles. The van der Waals surface area contributed by atoms with Crippen molar-refractivity contribution in [2.24, 2.45) is 10.2 Å². The van der Waals surface area contributed by atoms with Crippen LogP contribution in [0.15, 0.2) is 107 Å². The van der Waals surface area contributed by atoms with Crippen LogP contribution in [0.1, 0.15) is 41.4 Å². The number of azo groups is 1. The molecular formula is C32H25N5O5. The zero-order valence-corrected chi connectivity index (χ0v) is 22.4. The first-order valence-electron chi connectivity index (χ1n) is 13.4. The Morgan fingerprint density at radius 2 is 0.881 bits per heavy atom. The molecule has 4 aromatic rings. The van der Waals surface area contributed by atoms with Gasteiger partial charge >= 0.3 is 0 Å². The van der Waals surface area contributed by atoms with Gasteiger partial charge in [-0.3, -0.25) is 29.0 Å². The molecule has 0 atom stereocenters. The van der Waals surface area contributed by atoms with Gasteiger partial charge in [0.1, 0.15) is 5.75 Å². The molecule has 0 bridgehead atoms. The number of amides is 4. The second-order valence-electron chi connectivity index (χ2n) is 9.83. The number of carbonyl (C=O) groups excluding carboxylic acids is 4. The molecule has 208 valence electrons. The summed E-state index contributed by atoms with van der Waals surface area (Å²) >= 11 is 0. The number of nitrogens with zero attached hydrogens (tertiary/aromatic N) is 5. The second kappa shape index (κ2) is 11.1. The molecule has 1 N–H and O–H groups in total. The van der Waals surface area contributed by atoms with E-state index in [0.29, 0.717) is 33.6 Å². The number of phenols is 1. The van der Waals surface area contributed by atoms with Crippen molar-refractivity contribution in [2.75, 3.05) is 31.1 Å². The monoisotopic (exact) mass is 559 g/mol. The van der Waals surface area contributed by atoms with Crippen molar-refractivity contribution in [3.63, 3.8) is 0 Å². The van der Waals surface area contributed by atoms with Crippen LogP contribution in [-0.2, 0) is 0 Å². The third kappa shape index (κ3) is 5.01. The van der Waals surface area contributed by atoms with Crippen LogP contribution in [0.5, 0.6) is 5.75 Å². The zero-order valence-electron chi connectivity index (χ0n) is 22.4. The summed E-state index contributed by atoms with van der Waals surface area (Å²) < 4.78 is 0. The minimum atomic E-state index is -0.346. The highest BCUT2D eigenvalue weighted by molar-refractivity contribution is 6.22. The molecule has 10 heteroatoms. The first kappa shape index (κ1) is 26.6. The van der Waals surface area contributed by atoms with Crippen LogP contribution in [0.2, 0.25) is 0 Å². The summed E-state index contributed by atoms with van der Waals surface area (Å²) in [6.45, 7) is 0.805. The van der Waals surface area contributed by atoms with Crippen molar-refractivity contribution in [3.8, 4) is 5.75 Å². The summed E-state index contributed by atoms with van der Waals surface area (Å²) in [5.41, 5.74) is 3.44. The van der Waals surface area contributed by atoms with Gasteiger partial charge in [0, 0.05) is 31.9 Å². The van der Waals surface area contributed by atoms with Crippen molar-refractivity contribution < 1.29 is 24.3 Å². The Morgan fingerprint density at radius 3 is 1.26 bits per heavy atom. The Morgan fingerprint density at radius 1 is 0.524 bits per heavy atom. The lowest BCUT2D eigenvalue weighted by atomic mass is 10.1. The van der Waals surface area contributed by atoms with E-state index in [1.165, 1.54) is 21.9 Å². The largest absolute Gasteiger partial charge is 0.508 e. The molecule has 0 saturated carbocycles. The Hall–Kier alpha value is -5.64. The van der Waals surface area contributed by atoms with E-state index < -0.39 is 0 Å². The fourth-order valence-corrected chi connectivity index (χ4v) is 5.06. The number of hydrogen-bond acceptors (Lipinski definition) is 8. The van der Waals surface area contributed by atoms with Crippen LogP contribution in [0, 0.1) is 0 Å². The van der Waals surface area contributed by atoms with Crippen LogP contribution in [0.4, 0.5) is 17.1 Å². The number of fused-ring (bicyclic) bond motifs is 2. The van der Waals surface area contributed by atoms with Crippen LogP contribution in [-0.4, -0.2) is 64.7 Å². The highest BCUT2D eigenvalue weighted by Gasteiger charge is 2.36. The normalized spacial score (nSPS) is 14.2. The van der Waals surface area contributed by atoms with Crippen molar-refractivity contribution in [3.05, 3.63) is 119 Å². The number of rotatable bonds is 9. The van der Waals surface area contributed by atoms with E-state index in [2.05, 4.69) is 10.2 Å². The molecule has 4 amide bonds. The van der Waals surface area contributed by atoms with Crippen molar-refractivity contribution in [2.45, 2.75) is 0 Å². The van der Waals surface area contributed by atoms with Crippen LogP contribution in [0.25, 0.3) is 0 Å². The number of imide groups is 2. The molecule has 2 aliphatic rings. The quantitative estimate of drug-likeness (QED) is 0.222. The zero-order chi connectivity index (χ0) is 29.2. The molecule has 0 saturated heterocycles. The maximum absolute atomic E-state index is 12.9. The fourth-order valence-electron chi connectivity index (χ4n) is 5.06. The number of carbonyl (C=O) groups is 4. The van der Waals surface area contributed by atoms with Gasteiger partial charge in [0.05, 0.1) is 33.6 Å². The summed E-state index contributed by atoms with van der Waals surface area (Å²) in [5, 5.41) is 17.9. The summed E-state index contributed by atoms with van der Waals surface area (Å²) in [4.78, 5) is 56.1. The highest BCUT2D eigenvalue weighted by Crippen LogP contribution is 2.27. The molecule has 10 nitrogen and oxygen atoms in total. The van der Waals surface area contributed by atoms with Crippen molar-refractivity contribution in [1.82, 2.24) is 9.80 Å². The highest BCUT2D eigenvalue weighted by atomic mass is 16.3. The van der Waals surface area contributed by atoms with Gasteiger partial charge in [-0.15, -0.1) is 0 Å². The predicted molar refractivity (Wildman–Crippen MR) is 155 cm³/mol. The molecule has 0 aliphatic carbocycles. The lowest BCUT2D eigenvalue weighted by Crippen LogP contribution is -2.42. The molecular weight excluding hydrogens is 534 g/mol. The van der Waals surface area contributed by atoms with E-state index in [9.17, 15) is 24.3 Å². The lowest BCUT2D eigenvalue weighted by molar-refractivity contribution is 0.0650. The van der Waals surface area contributed by atoms with Gasteiger partial charge in [0.25, 0.3) is 23.6 Å². The molecule has 0 unspecified atom stereocenters. The third-order valence-electron chi connectivity index (χ3n) is 7.29. The van der Waals surface area contributed by atoms with Gasteiger partial charge in [-0.1, -0.05) is 24.3 Å². The summed E-state index contributed by atoms with van der Waals surface area (Å²) in [6, 6.07) is 27.0. The number of phenolic OH excluding ortho intramolecular Hbond substituents is 1. The Balaban J connectivity index is 1.20.